The predicted octanol–water partition coefficient (Wildman–Crippen LogP) is 3.63. The summed E-state index contributed by atoms with van der Waals surface area (Å²) in [5.74, 6) is 0.588. The van der Waals surface area contributed by atoms with Crippen molar-refractivity contribution < 1.29 is 23.9 Å². The molecule has 3 rings (SSSR count). The van der Waals surface area contributed by atoms with Crippen LogP contribution in [-0.4, -0.2) is 48.3 Å². The summed E-state index contributed by atoms with van der Waals surface area (Å²) >= 11 is 0.903. The molecule has 1 N–H and O–H groups in total. The first-order chi connectivity index (χ1) is 15.0. The van der Waals surface area contributed by atoms with E-state index in [4.69, 9.17) is 9.47 Å². The molecule has 3 amide bonds. The molecule has 1 aliphatic rings. The Morgan fingerprint density at radius 2 is 1.68 bits per heavy atom. The molecule has 2 aromatic carbocycles. The summed E-state index contributed by atoms with van der Waals surface area (Å²) in [5, 5.41) is 2.32. The fourth-order valence-corrected chi connectivity index (χ4v) is 3.68. The van der Waals surface area contributed by atoms with Crippen LogP contribution in [0.4, 0.5) is 4.79 Å². The van der Waals surface area contributed by atoms with Gasteiger partial charge in [-0.05, 0) is 61.5 Å². The molecule has 0 aromatic heterocycles. The minimum absolute atomic E-state index is 0.102. The highest BCUT2D eigenvalue weighted by molar-refractivity contribution is 8.18. The Labute approximate surface area is 185 Å². The van der Waals surface area contributed by atoms with E-state index in [-0.39, 0.29) is 36.7 Å². The molecule has 2 aromatic rings. The van der Waals surface area contributed by atoms with Gasteiger partial charge in [-0.2, -0.15) is 0 Å². The Hall–Kier alpha value is -3.26. The van der Waals surface area contributed by atoms with E-state index in [9.17, 15) is 14.4 Å². The van der Waals surface area contributed by atoms with Crippen molar-refractivity contribution in [1.82, 2.24) is 10.2 Å². The van der Waals surface area contributed by atoms with E-state index in [0.29, 0.717) is 17.3 Å². The number of amides is 3. The molecule has 0 saturated carbocycles. The Morgan fingerprint density at radius 1 is 1.03 bits per heavy atom. The minimum Gasteiger partial charge on any atom is -0.494 e. The fourth-order valence-electron chi connectivity index (χ4n) is 2.81. The zero-order chi connectivity index (χ0) is 22.2. The van der Waals surface area contributed by atoms with E-state index in [1.165, 1.54) is 0 Å². The molecule has 0 radical (unpaired) electrons. The van der Waals surface area contributed by atoms with Crippen molar-refractivity contribution in [3.63, 3.8) is 0 Å². The summed E-state index contributed by atoms with van der Waals surface area (Å²) in [6.45, 7) is 4.55. The number of aryl methyl sites for hydroxylation is 1. The minimum atomic E-state index is -0.351. The molecule has 31 heavy (non-hydrogen) atoms. The number of hydrogen-bond donors (Lipinski definition) is 1. The molecule has 0 aliphatic carbocycles. The third-order valence-corrected chi connectivity index (χ3v) is 5.32. The van der Waals surface area contributed by atoms with E-state index in [1.54, 1.807) is 30.3 Å². The maximum absolute atomic E-state index is 12.5. The first-order valence-electron chi connectivity index (χ1n) is 9.90. The summed E-state index contributed by atoms with van der Waals surface area (Å²) in [7, 11) is 0. The number of nitrogens with one attached hydrogen (secondary N) is 1. The monoisotopic (exact) mass is 440 g/mol. The Bertz CT molecular complexity index is 970. The topological polar surface area (TPSA) is 84.9 Å². The zero-order valence-corrected chi connectivity index (χ0v) is 18.2. The third-order valence-electron chi connectivity index (χ3n) is 4.41. The van der Waals surface area contributed by atoms with Gasteiger partial charge >= 0.3 is 0 Å². The standard InChI is InChI=1S/C23H24N2O5S/c1-3-29-18-8-10-19(11-9-18)30-15-21(26)24-12-13-25-22(27)20(31-23(25)28)14-17-6-4-16(2)5-7-17/h4-11,14H,3,12-13,15H2,1-2H3,(H,24,26). The summed E-state index contributed by atoms with van der Waals surface area (Å²) < 4.78 is 10.8. The van der Waals surface area contributed by atoms with Crippen molar-refractivity contribution in [2.24, 2.45) is 0 Å². The van der Waals surface area contributed by atoms with E-state index in [0.717, 1.165) is 33.5 Å². The second kappa shape index (κ2) is 10.7. The Morgan fingerprint density at radius 3 is 2.32 bits per heavy atom. The SMILES string of the molecule is CCOc1ccc(OCC(=O)NCCN2C(=O)SC(=Cc3ccc(C)cc3)C2=O)cc1. The highest BCUT2D eigenvalue weighted by Gasteiger charge is 2.34. The van der Waals surface area contributed by atoms with E-state index >= 15 is 0 Å². The average Bonchev–Trinajstić information content (AvgIpc) is 3.02. The number of nitrogens with zero attached hydrogens (tertiary/aromatic N) is 1. The number of imide groups is 1. The van der Waals surface area contributed by atoms with Crippen LogP contribution in [0.2, 0.25) is 0 Å². The molecule has 0 atom stereocenters. The van der Waals surface area contributed by atoms with E-state index in [1.807, 2.05) is 38.1 Å². The molecule has 1 saturated heterocycles. The van der Waals surface area contributed by atoms with Crippen LogP contribution in [0.15, 0.2) is 53.4 Å². The number of hydrogen-bond acceptors (Lipinski definition) is 6. The summed E-state index contributed by atoms with van der Waals surface area (Å²) in [5.41, 5.74) is 1.98. The zero-order valence-electron chi connectivity index (χ0n) is 17.4. The van der Waals surface area contributed by atoms with Gasteiger partial charge in [-0.15, -0.1) is 0 Å². The number of carbonyl (C=O) groups excluding carboxylic acids is 3. The second-order valence-corrected chi connectivity index (χ2v) is 7.78. The van der Waals surface area contributed by atoms with Crippen LogP contribution in [0.3, 0.4) is 0 Å². The van der Waals surface area contributed by atoms with Gasteiger partial charge < -0.3 is 14.8 Å². The number of thioether (sulfide) groups is 1. The van der Waals surface area contributed by atoms with Gasteiger partial charge in [0.2, 0.25) is 0 Å². The van der Waals surface area contributed by atoms with Gasteiger partial charge in [0.1, 0.15) is 11.5 Å². The van der Waals surface area contributed by atoms with Crippen molar-refractivity contribution in [3.05, 3.63) is 64.6 Å². The van der Waals surface area contributed by atoms with Crippen molar-refractivity contribution in [2.45, 2.75) is 13.8 Å². The number of ether oxygens (including phenoxy) is 2. The van der Waals surface area contributed by atoms with Crippen LogP contribution in [0.5, 0.6) is 11.5 Å². The molecule has 0 bridgehead atoms. The lowest BCUT2D eigenvalue weighted by atomic mass is 10.1. The molecule has 162 valence electrons. The highest BCUT2D eigenvalue weighted by Crippen LogP contribution is 2.31. The summed E-state index contributed by atoms with van der Waals surface area (Å²) in [6.07, 6.45) is 1.70. The van der Waals surface area contributed by atoms with Crippen molar-refractivity contribution in [2.75, 3.05) is 26.3 Å². The maximum Gasteiger partial charge on any atom is 0.293 e. The molecule has 0 unspecified atom stereocenters. The fraction of sp³-hybridized carbons (Fsp3) is 0.261. The van der Waals surface area contributed by atoms with Crippen LogP contribution in [0.1, 0.15) is 18.1 Å². The van der Waals surface area contributed by atoms with Crippen LogP contribution >= 0.6 is 11.8 Å². The molecule has 1 heterocycles. The molecule has 7 nitrogen and oxygen atoms in total. The number of benzene rings is 2. The third kappa shape index (κ3) is 6.36. The molecular formula is C23H24N2O5S. The first-order valence-corrected chi connectivity index (χ1v) is 10.7. The molecule has 8 heteroatoms. The second-order valence-electron chi connectivity index (χ2n) is 6.79. The molecular weight excluding hydrogens is 416 g/mol. The van der Waals surface area contributed by atoms with Crippen molar-refractivity contribution >= 4 is 34.9 Å². The lowest BCUT2D eigenvalue weighted by Crippen LogP contribution is -2.38. The van der Waals surface area contributed by atoms with Crippen LogP contribution in [0.25, 0.3) is 6.08 Å². The van der Waals surface area contributed by atoms with Crippen molar-refractivity contribution in [1.29, 1.82) is 0 Å². The van der Waals surface area contributed by atoms with Gasteiger partial charge in [0.25, 0.3) is 17.1 Å². The normalized spacial score (nSPS) is 14.8. The molecule has 0 spiro atoms. The highest BCUT2D eigenvalue weighted by atomic mass is 32.2. The lowest BCUT2D eigenvalue weighted by Gasteiger charge is -2.13. The molecule has 1 aliphatic heterocycles. The molecule has 1 fully saturated rings. The quantitative estimate of drug-likeness (QED) is 0.600. The first kappa shape index (κ1) is 22.4. The predicted molar refractivity (Wildman–Crippen MR) is 120 cm³/mol. The number of rotatable bonds is 9. The van der Waals surface area contributed by atoms with Crippen molar-refractivity contribution in [3.8, 4) is 11.5 Å². The van der Waals surface area contributed by atoms with Gasteiger partial charge in [0, 0.05) is 13.1 Å². The smallest absolute Gasteiger partial charge is 0.293 e. The Kier molecular flexibility index (Phi) is 7.72. The van der Waals surface area contributed by atoms with Gasteiger partial charge in [0.05, 0.1) is 11.5 Å². The van der Waals surface area contributed by atoms with Crippen LogP contribution in [0, 0.1) is 6.92 Å². The summed E-state index contributed by atoms with van der Waals surface area (Å²) in [4.78, 5) is 38.2. The van der Waals surface area contributed by atoms with Crippen LogP contribution < -0.4 is 14.8 Å². The van der Waals surface area contributed by atoms with Gasteiger partial charge in [0.15, 0.2) is 6.61 Å². The Balaban J connectivity index is 1.44. The van der Waals surface area contributed by atoms with Gasteiger partial charge in [-0.25, -0.2) is 0 Å². The largest absolute Gasteiger partial charge is 0.494 e. The van der Waals surface area contributed by atoms with Gasteiger partial charge in [-0.1, -0.05) is 29.8 Å². The lowest BCUT2D eigenvalue weighted by molar-refractivity contribution is -0.125. The van der Waals surface area contributed by atoms with Crippen LogP contribution in [-0.2, 0) is 9.59 Å². The van der Waals surface area contributed by atoms with Gasteiger partial charge in [-0.3, -0.25) is 19.3 Å². The average molecular weight is 441 g/mol. The number of carbonyl (C=O) groups is 3. The van der Waals surface area contributed by atoms with E-state index < -0.39 is 0 Å². The maximum atomic E-state index is 12.5. The van der Waals surface area contributed by atoms with E-state index in [2.05, 4.69) is 5.32 Å². The summed E-state index contributed by atoms with van der Waals surface area (Å²) in [6, 6.07) is 14.7.